The Morgan fingerprint density at radius 3 is 2.39 bits per heavy atom. The van der Waals surface area contributed by atoms with Gasteiger partial charge in [0.2, 0.25) is 0 Å². The van der Waals surface area contributed by atoms with Gasteiger partial charge in [0.05, 0.1) is 0 Å². The summed E-state index contributed by atoms with van der Waals surface area (Å²) in [6.07, 6.45) is 2.21. The maximum Gasteiger partial charge on any atom is 0.279 e. The summed E-state index contributed by atoms with van der Waals surface area (Å²) in [6.45, 7) is 7.62. The fourth-order valence-corrected chi connectivity index (χ4v) is 3.38. The number of hydrogen-bond donors (Lipinski definition) is 2. The Balaban J connectivity index is 0.00000289. The van der Waals surface area contributed by atoms with Crippen molar-refractivity contribution in [3.63, 3.8) is 0 Å². The van der Waals surface area contributed by atoms with E-state index in [1.807, 2.05) is 20.8 Å². The minimum atomic E-state index is -3.35. The van der Waals surface area contributed by atoms with E-state index in [0.717, 1.165) is 25.9 Å². The molecule has 0 bridgehead atoms. The Hall–Kier alpha value is 0.120. The number of rotatable bonds is 5. The lowest BCUT2D eigenvalue weighted by molar-refractivity contribution is 0.312. The zero-order valence-electron chi connectivity index (χ0n) is 11.6. The van der Waals surface area contributed by atoms with Gasteiger partial charge in [0.1, 0.15) is 0 Å². The van der Waals surface area contributed by atoms with Gasteiger partial charge in [-0.1, -0.05) is 0 Å². The van der Waals surface area contributed by atoms with Crippen LogP contribution in [0.4, 0.5) is 0 Å². The first-order valence-electron chi connectivity index (χ1n) is 6.30. The van der Waals surface area contributed by atoms with E-state index in [4.69, 9.17) is 0 Å². The van der Waals surface area contributed by atoms with Gasteiger partial charge >= 0.3 is 0 Å². The summed E-state index contributed by atoms with van der Waals surface area (Å²) in [7, 11) is -1.74. The Morgan fingerprint density at radius 2 is 1.94 bits per heavy atom. The minimum absolute atomic E-state index is 0. The fraction of sp³-hybridized carbons (Fsp3) is 1.00. The summed E-state index contributed by atoms with van der Waals surface area (Å²) in [4.78, 5) is 0. The molecule has 110 valence electrons. The van der Waals surface area contributed by atoms with Crippen LogP contribution in [0.15, 0.2) is 0 Å². The highest BCUT2D eigenvalue weighted by Gasteiger charge is 2.27. The van der Waals surface area contributed by atoms with E-state index in [1.54, 1.807) is 7.05 Å². The lowest BCUT2D eigenvalue weighted by Crippen LogP contribution is -2.50. The van der Waals surface area contributed by atoms with Crippen LogP contribution >= 0.6 is 12.4 Å². The molecule has 1 aliphatic rings. The molecule has 2 N–H and O–H groups in total. The predicted octanol–water partition coefficient (Wildman–Crippen LogP) is 0.971. The molecule has 0 radical (unpaired) electrons. The molecule has 0 aromatic rings. The molecule has 1 fully saturated rings. The van der Waals surface area contributed by atoms with Crippen LogP contribution in [0.25, 0.3) is 0 Å². The van der Waals surface area contributed by atoms with Gasteiger partial charge in [-0.15, -0.1) is 12.4 Å². The van der Waals surface area contributed by atoms with Crippen molar-refractivity contribution < 1.29 is 8.42 Å². The monoisotopic (exact) mass is 299 g/mol. The van der Waals surface area contributed by atoms with Crippen LogP contribution in [-0.2, 0) is 10.2 Å². The largest absolute Gasteiger partial charge is 0.316 e. The van der Waals surface area contributed by atoms with Crippen molar-refractivity contribution in [1.29, 1.82) is 0 Å². The lowest BCUT2D eigenvalue weighted by Gasteiger charge is -2.31. The molecular formula is C11H26ClN3O2S. The van der Waals surface area contributed by atoms with Gasteiger partial charge in [-0.3, -0.25) is 0 Å². The van der Waals surface area contributed by atoms with E-state index in [0.29, 0.717) is 5.92 Å². The van der Waals surface area contributed by atoms with E-state index in [2.05, 4.69) is 10.0 Å². The zero-order valence-corrected chi connectivity index (χ0v) is 13.3. The number of nitrogens with zero attached hydrogens (tertiary/aromatic N) is 1. The fourth-order valence-electron chi connectivity index (χ4n) is 2.00. The van der Waals surface area contributed by atoms with Crippen molar-refractivity contribution in [2.24, 2.45) is 5.92 Å². The van der Waals surface area contributed by atoms with Gasteiger partial charge in [-0.2, -0.15) is 17.4 Å². The second-order valence-electron chi connectivity index (χ2n) is 5.13. The van der Waals surface area contributed by atoms with E-state index in [1.165, 1.54) is 4.31 Å². The Bertz CT molecular complexity index is 329. The molecule has 0 aliphatic carbocycles. The van der Waals surface area contributed by atoms with Crippen molar-refractivity contribution in [2.45, 2.75) is 45.7 Å². The topological polar surface area (TPSA) is 61.4 Å². The highest BCUT2D eigenvalue weighted by molar-refractivity contribution is 7.87. The predicted molar refractivity (Wildman–Crippen MR) is 77.3 cm³/mol. The standard InChI is InChI=1S/C11H25N3O2S.ClH/c1-9(2)14(4)17(15,16)13-10(3)11-6-5-7-12-8-11;/h9-13H,5-8H2,1-4H3;1H. The van der Waals surface area contributed by atoms with Crippen molar-refractivity contribution in [1.82, 2.24) is 14.3 Å². The van der Waals surface area contributed by atoms with Crippen LogP contribution in [0, 0.1) is 5.92 Å². The maximum absolute atomic E-state index is 12.0. The Morgan fingerprint density at radius 1 is 1.33 bits per heavy atom. The quantitative estimate of drug-likeness (QED) is 0.795. The van der Waals surface area contributed by atoms with Gasteiger partial charge < -0.3 is 5.32 Å². The SMILES string of the molecule is CC(NS(=O)(=O)N(C)C(C)C)C1CCCNC1.Cl. The molecule has 0 aromatic heterocycles. The summed E-state index contributed by atoms with van der Waals surface area (Å²) in [5, 5.41) is 3.31. The van der Waals surface area contributed by atoms with Gasteiger partial charge in [0, 0.05) is 19.1 Å². The number of nitrogens with one attached hydrogen (secondary N) is 2. The first-order valence-corrected chi connectivity index (χ1v) is 7.74. The molecule has 7 heteroatoms. The summed E-state index contributed by atoms with van der Waals surface area (Å²) in [6, 6.07) is -0.0434. The minimum Gasteiger partial charge on any atom is -0.316 e. The van der Waals surface area contributed by atoms with Gasteiger partial charge in [0.25, 0.3) is 10.2 Å². The molecule has 0 saturated carbocycles. The molecule has 2 atom stereocenters. The second-order valence-corrected chi connectivity index (χ2v) is 6.89. The van der Waals surface area contributed by atoms with Crippen LogP contribution < -0.4 is 10.0 Å². The van der Waals surface area contributed by atoms with E-state index >= 15 is 0 Å². The van der Waals surface area contributed by atoms with Crippen LogP contribution in [-0.4, -0.2) is 44.9 Å². The third kappa shape index (κ3) is 5.01. The molecule has 18 heavy (non-hydrogen) atoms. The van der Waals surface area contributed by atoms with E-state index in [9.17, 15) is 8.42 Å². The second kappa shape index (κ2) is 7.65. The molecule has 2 unspecified atom stereocenters. The van der Waals surface area contributed by atoms with E-state index in [-0.39, 0.29) is 24.5 Å². The van der Waals surface area contributed by atoms with Gasteiger partial charge in [-0.05, 0) is 52.6 Å². The highest BCUT2D eigenvalue weighted by atomic mass is 35.5. The lowest BCUT2D eigenvalue weighted by atomic mass is 9.94. The number of piperidine rings is 1. The third-order valence-corrected chi connectivity index (χ3v) is 5.33. The average Bonchev–Trinajstić information content (AvgIpc) is 2.28. The molecule has 5 nitrogen and oxygen atoms in total. The molecule has 0 amide bonds. The van der Waals surface area contributed by atoms with Crippen molar-refractivity contribution >= 4 is 22.6 Å². The zero-order chi connectivity index (χ0) is 13.1. The Kier molecular flexibility index (Phi) is 7.70. The first-order chi connectivity index (χ1) is 7.84. The number of halogens is 1. The number of hydrogen-bond acceptors (Lipinski definition) is 3. The van der Waals surface area contributed by atoms with Crippen LogP contribution in [0.2, 0.25) is 0 Å². The summed E-state index contributed by atoms with van der Waals surface area (Å²) in [5.74, 6) is 0.388. The average molecular weight is 300 g/mol. The van der Waals surface area contributed by atoms with Crippen molar-refractivity contribution in [2.75, 3.05) is 20.1 Å². The van der Waals surface area contributed by atoms with Crippen LogP contribution in [0.3, 0.4) is 0 Å². The highest BCUT2D eigenvalue weighted by Crippen LogP contribution is 2.15. The normalized spacial score (nSPS) is 22.9. The van der Waals surface area contributed by atoms with Crippen molar-refractivity contribution in [3.8, 4) is 0 Å². The van der Waals surface area contributed by atoms with Crippen molar-refractivity contribution in [3.05, 3.63) is 0 Å². The van der Waals surface area contributed by atoms with E-state index < -0.39 is 10.2 Å². The molecule has 1 aliphatic heterocycles. The van der Waals surface area contributed by atoms with Crippen LogP contribution in [0.1, 0.15) is 33.6 Å². The summed E-state index contributed by atoms with van der Waals surface area (Å²) < 4.78 is 28.2. The molecule has 0 aromatic carbocycles. The van der Waals surface area contributed by atoms with Gasteiger partial charge in [0.15, 0.2) is 0 Å². The molecular weight excluding hydrogens is 274 g/mol. The van der Waals surface area contributed by atoms with Crippen LogP contribution in [0.5, 0.6) is 0 Å². The molecule has 0 spiro atoms. The first kappa shape index (κ1) is 18.1. The smallest absolute Gasteiger partial charge is 0.279 e. The third-order valence-electron chi connectivity index (χ3n) is 3.48. The molecule has 1 heterocycles. The molecule has 1 saturated heterocycles. The summed E-state index contributed by atoms with van der Waals surface area (Å²) in [5.41, 5.74) is 0. The maximum atomic E-state index is 12.0. The van der Waals surface area contributed by atoms with Gasteiger partial charge in [-0.25, -0.2) is 0 Å². The Labute approximate surface area is 117 Å². The summed E-state index contributed by atoms with van der Waals surface area (Å²) >= 11 is 0. The molecule has 1 rings (SSSR count).